The van der Waals surface area contributed by atoms with Crippen LogP contribution >= 0.6 is 0 Å². The van der Waals surface area contributed by atoms with E-state index < -0.39 is 12.5 Å². The number of morpholine rings is 1. The van der Waals surface area contributed by atoms with Crippen LogP contribution in [0.15, 0.2) is 67.0 Å². The van der Waals surface area contributed by atoms with E-state index in [1.54, 1.807) is 47.1 Å². The van der Waals surface area contributed by atoms with Crippen LogP contribution in [0.1, 0.15) is 21.6 Å². The van der Waals surface area contributed by atoms with Gasteiger partial charge in [0.2, 0.25) is 0 Å². The highest BCUT2D eigenvalue weighted by molar-refractivity contribution is 6.05. The molecule has 2 N–H and O–H groups in total. The molecular weight excluding hydrogens is 546 g/mol. The van der Waals surface area contributed by atoms with Gasteiger partial charge in [-0.1, -0.05) is 24.3 Å². The summed E-state index contributed by atoms with van der Waals surface area (Å²) in [6.45, 7) is 5.40. The predicted molar refractivity (Wildman–Crippen MR) is 154 cm³/mol. The van der Waals surface area contributed by atoms with Crippen molar-refractivity contribution in [1.29, 1.82) is 0 Å². The highest BCUT2D eigenvalue weighted by Gasteiger charge is 2.24. The first-order valence-electron chi connectivity index (χ1n) is 13.5. The van der Waals surface area contributed by atoms with E-state index in [0.29, 0.717) is 34.7 Å². The number of carbonyl (C=O) groups is 1. The van der Waals surface area contributed by atoms with Gasteiger partial charge >= 0.3 is 6.61 Å². The number of nitrogens with zero attached hydrogens (tertiary/aromatic N) is 6. The molecule has 5 rings (SSSR count). The first-order chi connectivity index (χ1) is 20.4. The van der Waals surface area contributed by atoms with Gasteiger partial charge in [-0.3, -0.25) is 9.69 Å². The van der Waals surface area contributed by atoms with Crippen LogP contribution in [0.25, 0.3) is 5.82 Å². The lowest BCUT2D eigenvalue weighted by molar-refractivity contribution is -0.131. The summed E-state index contributed by atoms with van der Waals surface area (Å²) in [5.41, 5.74) is 2.44. The SMILES string of the molecule is Cc1cc(Nc2cc(N(OC(F)F)C(=O)c3ccccc3)ccc2C)n(-c2cc(NCCN3CCOCC3)ncn2)n1. The molecule has 2 aromatic heterocycles. The molecule has 4 aromatic rings. The molecule has 42 heavy (non-hydrogen) atoms. The maximum absolute atomic E-state index is 13.4. The van der Waals surface area contributed by atoms with Crippen LogP contribution in [-0.2, 0) is 9.57 Å². The van der Waals surface area contributed by atoms with Crippen LogP contribution < -0.4 is 15.7 Å². The second-order valence-corrected chi connectivity index (χ2v) is 9.68. The van der Waals surface area contributed by atoms with E-state index in [0.717, 1.165) is 44.1 Å². The monoisotopic (exact) mass is 578 g/mol. The Kier molecular flexibility index (Phi) is 9.31. The van der Waals surface area contributed by atoms with Gasteiger partial charge < -0.3 is 15.4 Å². The van der Waals surface area contributed by atoms with Crippen molar-refractivity contribution in [2.45, 2.75) is 20.5 Å². The summed E-state index contributed by atoms with van der Waals surface area (Å²) in [5, 5.41) is 11.8. The zero-order chi connectivity index (χ0) is 29.5. The summed E-state index contributed by atoms with van der Waals surface area (Å²) in [7, 11) is 0. The molecule has 13 heteroatoms. The number of ether oxygens (including phenoxy) is 1. The zero-order valence-corrected chi connectivity index (χ0v) is 23.3. The number of hydrogen-bond acceptors (Lipinski definition) is 9. The predicted octanol–water partition coefficient (Wildman–Crippen LogP) is 4.57. The summed E-state index contributed by atoms with van der Waals surface area (Å²) in [5.74, 6) is 1.05. The standard InChI is InChI=1S/C29H32F2N8O3/c1-20-8-9-23(39(42-29(30)31)28(40)22-6-4-3-5-7-22)17-24(20)35-27-16-21(2)36-38(27)26-18-25(33-19-34-26)32-10-11-37-12-14-41-15-13-37/h3-9,16-19,29,35H,10-15H2,1-2H3,(H,32,33,34). The molecule has 0 bridgehead atoms. The fourth-order valence-electron chi connectivity index (χ4n) is 4.50. The molecule has 3 heterocycles. The molecule has 0 radical (unpaired) electrons. The lowest BCUT2D eigenvalue weighted by atomic mass is 10.1. The second-order valence-electron chi connectivity index (χ2n) is 9.68. The quantitative estimate of drug-likeness (QED) is 0.248. The molecule has 220 valence electrons. The summed E-state index contributed by atoms with van der Waals surface area (Å²) >= 11 is 0. The second kappa shape index (κ2) is 13.5. The van der Waals surface area contributed by atoms with Crippen LogP contribution in [0.2, 0.25) is 0 Å². The number of rotatable bonds is 11. The molecule has 0 spiro atoms. The van der Waals surface area contributed by atoms with Crippen LogP contribution in [0.5, 0.6) is 0 Å². The molecule has 1 saturated heterocycles. The molecule has 0 atom stereocenters. The Morgan fingerprint density at radius 2 is 1.86 bits per heavy atom. The topological polar surface area (TPSA) is 110 Å². The summed E-state index contributed by atoms with van der Waals surface area (Å²) < 4.78 is 33.7. The number of amides is 1. The normalized spacial score (nSPS) is 13.7. The average molecular weight is 579 g/mol. The Hall–Kier alpha value is -4.46. The first-order valence-corrected chi connectivity index (χ1v) is 13.5. The average Bonchev–Trinajstić information content (AvgIpc) is 3.37. The van der Waals surface area contributed by atoms with Gasteiger partial charge in [0.25, 0.3) is 5.91 Å². The highest BCUT2D eigenvalue weighted by atomic mass is 19.3. The van der Waals surface area contributed by atoms with E-state index in [4.69, 9.17) is 4.74 Å². The van der Waals surface area contributed by atoms with Gasteiger partial charge in [0.05, 0.1) is 24.6 Å². The maximum Gasteiger partial charge on any atom is 0.365 e. The third-order valence-corrected chi connectivity index (χ3v) is 6.65. The Labute approximate surface area is 242 Å². The van der Waals surface area contributed by atoms with Gasteiger partial charge in [-0.15, -0.1) is 0 Å². The zero-order valence-electron chi connectivity index (χ0n) is 23.3. The van der Waals surface area contributed by atoms with Gasteiger partial charge in [0.15, 0.2) is 5.82 Å². The molecule has 0 saturated carbocycles. The largest absolute Gasteiger partial charge is 0.379 e. The molecular formula is C29H32F2N8O3. The van der Waals surface area contributed by atoms with Crippen LogP contribution in [0, 0.1) is 13.8 Å². The molecule has 1 aliphatic rings. The van der Waals surface area contributed by atoms with Crippen molar-refractivity contribution in [3.63, 3.8) is 0 Å². The van der Waals surface area contributed by atoms with Crippen molar-refractivity contribution >= 4 is 28.9 Å². The van der Waals surface area contributed by atoms with E-state index in [1.807, 2.05) is 19.9 Å². The lowest BCUT2D eigenvalue weighted by Crippen LogP contribution is -2.39. The number of hydroxylamine groups is 1. The summed E-state index contributed by atoms with van der Waals surface area (Å²) in [4.78, 5) is 28.8. The minimum absolute atomic E-state index is 0.133. The molecule has 0 aliphatic carbocycles. The van der Waals surface area contributed by atoms with E-state index in [1.165, 1.54) is 18.5 Å². The summed E-state index contributed by atoms with van der Waals surface area (Å²) in [6.07, 6.45) is 1.47. The third kappa shape index (κ3) is 7.24. The van der Waals surface area contributed by atoms with Gasteiger partial charge in [0.1, 0.15) is 18.0 Å². The number of carbonyl (C=O) groups excluding carboxylic acids is 1. The van der Waals surface area contributed by atoms with Crippen molar-refractivity contribution in [1.82, 2.24) is 24.6 Å². The number of hydrogen-bond donors (Lipinski definition) is 2. The minimum Gasteiger partial charge on any atom is -0.379 e. The van der Waals surface area contributed by atoms with Crippen molar-refractivity contribution in [2.24, 2.45) is 0 Å². The lowest BCUT2D eigenvalue weighted by Gasteiger charge is -2.26. The minimum atomic E-state index is -3.20. The van der Waals surface area contributed by atoms with Crippen LogP contribution in [0.4, 0.5) is 31.8 Å². The van der Waals surface area contributed by atoms with Crippen LogP contribution in [0.3, 0.4) is 0 Å². The number of nitrogens with one attached hydrogen (secondary N) is 2. The van der Waals surface area contributed by atoms with Gasteiger partial charge in [-0.2, -0.15) is 28.5 Å². The number of anilines is 4. The van der Waals surface area contributed by atoms with Gasteiger partial charge in [0, 0.05) is 49.6 Å². The number of halogens is 2. The van der Waals surface area contributed by atoms with Crippen molar-refractivity contribution in [2.75, 3.05) is 55.1 Å². The molecule has 1 aliphatic heterocycles. The van der Waals surface area contributed by atoms with Crippen molar-refractivity contribution in [3.8, 4) is 5.82 Å². The molecule has 1 amide bonds. The van der Waals surface area contributed by atoms with Crippen molar-refractivity contribution in [3.05, 3.63) is 83.8 Å². The molecule has 2 aromatic carbocycles. The fourth-order valence-corrected chi connectivity index (χ4v) is 4.50. The Balaban J connectivity index is 1.36. The van der Waals surface area contributed by atoms with Gasteiger partial charge in [-0.05, 0) is 43.7 Å². The number of aromatic nitrogens is 4. The first kappa shape index (κ1) is 29.0. The van der Waals surface area contributed by atoms with E-state index in [9.17, 15) is 13.6 Å². The van der Waals surface area contributed by atoms with Crippen molar-refractivity contribution < 1.29 is 23.1 Å². The molecule has 0 unspecified atom stereocenters. The van der Waals surface area contributed by atoms with Gasteiger partial charge in [-0.25, -0.2) is 9.97 Å². The summed E-state index contributed by atoms with van der Waals surface area (Å²) in [6, 6.07) is 16.6. The van der Waals surface area contributed by atoms with Crippen LogP contribution in [-0.4, -0.2) is 76.6 Å². The fraction of sp³-hybridized carbons (Fsp3) is 0.310. The number of aryl methyl sites for hydroxylation is 2. The third-order valence-electron chi connectivity index (χ3n) is 6.65. The van der Waals surface area contributed by atoms with E-state index in [-0.39, 0.29) is 11.3 Å². The van der Waals surface area contributed by atoms with E-state index in [2.05, 4.69) is 35.4 Å². The number of benzene rings is 2. The Bertz CT molecular complexity index is 1500. The highest BCUT2D eigenvalue weighted by Crippen LogP contribution is 2.29. The number of alkyl halides is 2. The Morgan fingerprint density at radius 1 is 1.07 bits per heavy atom. The molecule has 1 fully saturated rings. The Morgan fingerprint density at radius 3 is 2.62 bits per heavy atom. The maximum atomic E-state index is 13.4. The molecule has 11 nitrogen and oxygen atoms in total. The smallest absolute Gasteiger partial charge is 0.365 e. The van der Waals surface area contributed by atoms with E-state index >= 15 is 0 Å².